The fraction of sp³-hybridized carbons (Fsp3) is 0.692. The van der Waals surface area contributed by atoms with E-state index in [9.17, 15) is 4.79 Å². The predicted molar refractivity (Wildman–Crippen MR) is 80.2 cm³/mol. The van der Waals surface area contributed by atoms with Gasteiger partial charge in [-0.05, 0) is 38.2 Å². The third-order valence-electron chi connectivity index (χ3n) is 3.46. The minimum atomic E-state index is 0.283. The van der Waals surface area contributed by atoms with Crippen LogP contribution in [-0.2, 0) is 6.42 Å². The molecule has 5 heteroatoms. The summed E-state index contributed by atoms with van der Waals surface area (Å²) in [7, 11) is 2.08. The first-order chi connectivity index (χ1) is 8.63. The van der Waals surface area contributed by atoms with E-state index in [-0.39, 0.29) is 5.78 Å². The largest absolute Gasteiger partial charge is 0.348 e. The summed E-state index contributed by atoms with van der Waals surface area (Å²) in [6.07, 6.45) is 5.90. The van der Waals surface area contributed by atoms with Crippen molar-refractivity contribution in [2.24, 2.45) is 0 Å². The van der Waals surface area contributed by atoms with Crippen molar-refractivity contribution in [3.63, 3.8) is 0 Å². The number of aryl methyl sites for hydroxylation is 1. The molecule has 0 aromatic carbocycles. The van der Waals surface area contributed by atoms with E-state index in [4.69, 9.17) is 0 Å². The fourth-order valence-corrected chi connectivity index (χ4v) is 3.80. The highest BCUT2D eigenvalue weighted by Crippen LogP contribution is 2.32. The molecule has 1 unspecified atom stereocenters. The average Bonchev–Trinajstić information content (AvgIpc) is 2.80. The van der Waals surface area contributed by atoms with E-state index < -0.39 is 0 Å². The van der Waals surface area contributed by atoms with Crippen LogP contribution in [0.3, 0.4) is 0 Å². The van der Waals surface area contributed by atoms with Crippen LogP contribution in [0.2, 0.25) is 0 Å². The maximum Gasteiger partial charge on any atom is 0.186 e. The molecule has 0 bridgehead atoms. The second-order valence-electron chi connectivity index (χ2n) is 4.79. The SMILES string of the molecule is CSCCC(C)N(C)c1nc2c(s1)C(=O)CCC2. The molecule has 1 aliphatic carbocycles. The van der Waals surface area contributed by atoms with Crippen LogP contribution >= 0.6 is 23.1 Å². The van der Waals surface area contributed by atoms with E-state index in [1.54, 1.807) is 11.3 Å². The molecule has 0 spiro atoms. The lowest BCUT2D eigenvalue weighted by atomic mass is 10.0. The van der Waals surface area contributed by atoms with Gasteiger partial charge in [-0.3, -0.25) is 4.79 Å². The highest BCUT2D eigenvalue weighted by atomic mass is 32.2. The van der Waals surface area contributed by atoms with Crippen molar-refractivity contribution in [1.29, 1.82) is 0 Å². The Morgan fingerprint density at radius 2 is 2.28 bits per heavy atom. The summed E-state index contributed by atoms with van der Waals surface area (Å²) in [4.78, 5) is 19.6. The third kappa shape index (κ3) is 2.88. The van der Waals surface area contributed by atoms with Crippen LogP contribution in [0, 0.1) is 0 Å². The standard InChI is InChI=1S/C13H20N2OS2/c1-9(7-8-17-3)15(2)13-14-10-5-4-6-11(16)12(10)18-13/h9H,4-8H2,1-3H3. The zero-order valence-electron chi connectivity index (χ0n) is 11.2. The first-order valence-corrected chi connectivity index (χ1v) is 8.59. The molecule has 1 aromatic rings. The van der Waals surface area contributed by atoms with Gasteiger partial charge >= 0.3 is 0 Å². The van der Waals surface area contributed by atoms with Gasteiger partial charge in [0.2, 0.25) is 0 Å². The van der Waals surface area contributed by atoms with Crippen molar-refractivity contribution in [2.45, 2.75) is 38.6 Å². The molecule has 1 atom stereocenters. The monoisotopic (exact) mass is 284 g/mol. The first-order valence-electron chi connectivity index (χ1n) is 6.38. The lowest BCUT2D eigenvalue weighted by molar-refractivity contribution is 0.0976. The molecule has 0 amide bonds. The van der Waals surface area contributed by atoms with Gasteiger partial charge in [-0.15, -0.1) is 0 Å². The second kappa shape index (κ2) is 6.06. The molecule has 2 rings (SSSR count). The number of rotatable bonds is 5. The summed E-state index contributed by atoms with van der Waals surface area (Å²) < 4.78 is 0. The van der Waals surface area contributed by atoms with Crippen molar-refractivity contribution in [2.75, 3.05) is 24.0 Å². The molecule has 0 fully saturated rings. The summed E-state index contributed by atoms with van der Waals surface area (Å²) in [5.41, 5.74) is 1.02. The number of carbonyl (C=O) groups is 1. The van der Waals surface area contributed by atoms with E-state index in [2.05, 4.69) is 30.1 Å². The number of nitrogens with zero attached hydrogens (tertiary/aromatic N) is 2. The minimum Gasteiger partial charge on any atom is -0.348 e. The van der Waals surface area contributed by atoms with Gasteiger partial charge in [-0.1, -0.05) is 11.3 Å². The third-order valence-corrected chi connectivity index (χ3v) is 5.33. The van der Waals surface area contributed by atoms with E-state index >= 15 is 0 Å². The molecule has 0 saturated heterocycles. The van der Waals surface area contributed by atoms with Gasteiger partial charge in [-0.25, -0.2) is 4.98 Å². The predicted octanol–water partition coefficient (Wildman–Crippen LogP) is 3.24. The summed E-state index contributed by atoms with van der Waals surface area (Å²) in [6.45, 7) is 2.22. The van der Waals surface area contributed by atoms with Crippen LogP contribution in [0.25, 0.3) is 0 Å². The molecule has 100 valence electrons. The molecule has 0 N–H and O–H groups in total. The molecule has 1 heterocycles. The number of carbonyl (C=O) groups excluding carboxylic acids is 1. The Labute approximate surface area is 117 Å². The summed E-state index contributed by atoms with van der Waals surface area (Å²) in [5, 5.41) is 1.00. The van der Waals surface area contributed by atoms with Crippen LogP contribution in [0.1, 0.15) is 41.6 Å². The Hall–Kier alpha value is -0.550. The van der Waals surface area contributed by atoms with Gasteiger partial charge in [0.1, 0.15) is 0 Å². The maximum atomic E-state index is 11.8. The number of aromatic nitrogens is 1. The zero-order chi connectivity index (χ0) is 13.1. The van der Waals surface area contributed by atoms with Gasteiger partial charge < -0.3 is 4.90 Å². The van der Waals surface area contributed by atoms with Crippen LogP contribution in [0.4, 0.5) is 5.13 Å². The maximum absolute atomic E-state index is 11.8. The van der Waals surface area contributed by atoms with E-state index in [1.807, 2.05) is 11.8 Å². The van der Waals surface area contributed by atoms with E-state index in [0.29, 0.717) is 12.5 Å². The topological polar surface area (TPSA) is 33.2 Å². The first kappa shape index (κ1) is 13.9. The Kier molecular flexibility index (Phi) is 4.67. The average molecular weight is 284 g/mol. The number of fused-ring (bicyclic) bond motifs is 1. The number of anilines is 1. The van der Waals surface area contributed by atoms with E-state index in [1.165, 1.54) is 0 Å². The van der Waals surface area contributed by atoms with Crippen molar-refractivity contribution >= 4 is 34.0 Å². The highest BCUT2D eigenvalue weighted by Gasteiger charge is 2.24. The van der Waals surface area contributed by atoms with Gasteiger partial charge in [0.15, 0.2) is 10.9 Å². The second-order valence-corrected chi connectivity index (χ2v) is 6.75. The lowest BCUT2D eigenvalue weighted by Crippen LogP contribution is -2.29. The Morgan fingerprint density at radius 3 is 2.94 bits per heavy atom. The number of hydrogen-bond donors (Lipinski definition) is 0. The van der Waals surface area contributed by atoms with Gasteiger partial charge in [0, 0.05) is 19.5 Å². The number of thioether (sulfide) groups is 1. The van der Waals surface area contributed by atoms with E-state index in [0.717, 1.165) is 40.7 Å². The molecule has 0 saturated carbocycles. The fourth-order valence-electron chi connectivity index (χ4n) is 2.08. The Bertz CT molecular complexity index is 431. The van der Waals surface area contributed by atoms with Crippen molar-refractivity contribution in [3.05, 3.63) is 10.6 Å². The Balaban J connectivity index is 2.11. The lowest BCUT2D eigenvalue weighted by Gasteiger charge is -2.23. The molecule has 1 aromatic heterocycles. The number of Topliss-reactive ketones (excluding diaryl/α,β-unsaturated/α-hetero) is 1. The number of ketones is 1. The van der Waals surface area contributed by atoms with Crippen LogP contribution in [0.5, 0.6) is 0 Å². The normalized spacial score (nSPS) is 16.5. The van der Waals surface area contributed by atoms with Gasteiger partial charge in [0.05, 0.1) is 10.6 Å². The molecule has 1 aliphatic rings. The molecule has 0 aliphatic heterocycles. The van der Waals surface area contributed by atoms with Crippen LogP contribution < -0.4 is 4.90 Å². The summed E-state index contributed by atoms with van der Waals surface area (Å²) in [6, 6.07) is 0.472. The van der Waals surface area contributed by atoms with Crippen molar-refractivity contribution in [3.8, 4) is 0 Å². The Morgan fingerprint density at radius 1 is 1.50 bits per heavy atom. The molecule has 3 nitrogen and oxygen atoms in total. The highest BCUT2D eigenvalue weighted by molar-refractivity contribution is 7.98. The quantitative estimate of drug-likeness (QED) is 0.831. The van der Waals surface area contributed by atoms with Crippen molar-refractivity contribution in [1.82, 2.24) is 4.98 Å². The van der Waals surface area contributed by atoms with Crippen LogP contribution in [-0.4, -0.2) is 35.9 Å². The molecular formula is C13H20N2OS2. The number of thiazole rings is 1. The minimum absolute atomic E-state index is 0.283. The summed E-state index contributed by atoms with van der Waals surface area (Å²) in [5.74, 6) is 1.44. The smallest absolute Gasteiger partial charge is 0.186 e. The van der Waals surface area contributed by atoms with Gasteiger partial charge in [-0.2, -0.15) is 11.8 Å². The number of hydrogen-bond acceptors (Lipinski definition) is 5. The van der Waals surface area contributed by atoms with Crippen molar-refractivity contribution < 1.29 is 4.79 Å². The van der Waals surface area contributed by atoms with Crippen LogP contribution in [0.15, 0.2) is 0 Å². The molecule has 18 heavy (non-hydrogen) atoms. The summed E-state index contributed by atoms with van der Waals surface area (Å²) >= 11 is 3.44. The van der Waals surface area contributed by atoms with Gasteiger partial charge in [0.25, 0.3) is 0 Å². The molecule has 0 radical (unpaired) electrons. The zero-order valence-corrected chi connectivity index (χ0v) is 12.9. The molecular weight excluding hydrogens is 264 g/mol.